The fourth-order valence-corrected chi connectivity index (χ4v) is 5.97. The number of carbonyl (C=O) groups excluding carboxylic acids is 1. The van der Waals surface area contributed by atoms with Crippen LogP contribution in [0, 0.1) is 5.82 Å². The van der Waals surface area contributed by atoms with Crippen LogP contribution in [0.2, 0.25) is 0 Å². The highest BCUT2D eigenvalue weighted by molar-refractivity contribution is 5.80. The molecule has 1 aromatic carbocycles. The highest BCUT2D eigenvalue weighted by Gasteiger charge is 2.40. The fraction of sp³-hybridized carbons (Fsp3) is 0.533. The van der Waals surface area contributed by atoms with Gasteiger partial charge in [0, 0.05) is 75.4 Å². The van der Waals surface area contributed by atoms with Crippen molar-refractivity contribution in [2.75, 3.05) is 51.3 Å². The Morgan fingerprint density at radius 1 is 1.05 bits per heavy atom. The predicted octanol–water partition coefficient (Wildman–Crippen LogP) is 4.73. The van der Waals surface area contributed by atoms with Crippen LogP contribution in [0.5, 0.6) is 0 Å². The van der Waals surface area contributed by atoms with E-state index < -0.39 is 5.60 Å². The van der Waals surface area contributed by atoms with Crippen molar-refractivity contribution in [2.24, 2.45) is 0 Å². The number of piperazine rings is 1. The SMILES string of the molecule is CO[C@]1(c2ccc(-c3cc4c(N5CCN(C(=O)NC(C)C)CC5)ccnn4c3)cc2F)CCCN(C(C)C)C1. The number of anilines is 1. The number of halogens is 1. The molecule has 2 saturated heterocycles. The molecule has 1 N–H and O–H groups in total. The molecule has 2 aliphatic heterocycles. The first kappa shape index (κ1) is 27.4. The van der Waals surface area contributed by atoms with Crippen LogP contribution in [0.3, 0.4) is 0 Å². The van der Waals surface area contributed by atoms with E-state index in [0.29, 0.717) is 31.2 Å². The number of ether oxygens (including phenoxy) is 1. The maximum atomic E-state index is 15.7. The molecule has 0 spiro atoms. The van der Waals surface area contributed by atoms with Gasteiger partial charge in [0.1, 0.15) is 11.4 Å². The van der Waals surface area contributed by atoms with E-state index in [1.807, 2.05) is 47.7 Å². The summed E-state index contributed by atoms with van der Waals surface area (Å²) in [7, 11) is 1.70. The van der Waals surface area contributed by atoms with E-state index >= 15 is 4.39 Å². The lowest BCUT2D eigenvalue weighted by Crippen LogP contribution is -2.53. The Hall–Kier alpha value is -3.17. The first-order valence-corrected chi connectivity index (χ1v) is 14.1. The molecular formula is C30H41FN6O2. The van der Waals surface area contributed by atoms with E-state index in [2.05, 4.69) is 40.1 Å². The average molecular weight is 537 g/mol. The summed E-state index contributed by atoms with van der Waals surface area (Å²) in [5.41, 5.74) is 3.73. The summed E-state index contributed by atoms with van der Waals surface area (Å²) in [4.78, 5) is 18.9. The topological polar surface area (TPSA) is 65.3 Å². The second-order valence-corrected chi connectivity index (χ2v) is 11.4. The van der Waals surface area contributed by atoms with Crippen LogP contribution in [-0.4, -0.2) is 83.9 Å². The van der Waals surface area contributed by atoms with Gasteiger partial charge in [0.15, 0.2) is 0 Å². The van der Waals surface area contributed by atoms with Gasteiger partial charge in [0.2, 0.25) is 0 Å². The zero-order chi connectivity index (χ0) is 27.7. The van der Waals surface area contributed by atoms with Gasteiger partial charge in [-0.2, -0.15) is 5.10 Å². The number of methoxy groups -OCH3 is 1. The van der Waals surface area contributed by atoms with Crippen molar-refractivity contribution in [3.05, 3.63) is 54.1 Å². The van der Waals surface area contributed by atoms with Crippen molar-refractivity contribution in [1.29, 1.82) is 0 Å². The van der Waals surface area contributed by atoms with Crippen LogP contribution in [0.1, 0.15) is 46.1 Å². The number of hydrogen-bond acceptors (Lipinski definition) is 5. The fourth-order valence-electron chi connectivity index (χ4n) is 5.97. The van der Waals surface area contributed by atoms with Crippen molar-refractivity contribution in [3.8, 4) is 11.1 Å². The van der Waals surface area contributed by atoms with Crippen molar-refractivity contribution >= 4 is 17.2 Å². The monoisotopic (exact) mass is 536 g/mol. The number of rotatable bonds is 6. The van der Waals surface area contributed by atoms with E-state index in [1.165, 1.54) is 0 Å². The Labute approximate surface area is 230 Å². The molecule has 0 unspecified atom stereocenters. The number of likely N-dealkylation sites (tertiary alicyclic amines) is 1. The van der Waals surface area contributed by atoms with E-state index in [4.69, 9.17) is 4.74 Å². The second-order valence-electron chi connectivity index (χ2n) is 11.4. The van der Waals surface area contributed by atoms with E-state index in [9.17, 15) is 4.79 Å². The third-order valence-corrected chi connectivity index (χ3v) is 8.20. The van der Waals surface area contributed by atoms with E-state index in [-0.39, 0.29) is 17.9 Å². The van der Waals surface area contributed by atoms with Crippen LogP contribution in [0.15, 0.2) is 42.7 Å². The number of nitrogens with one attached hydrogen (secondary N) is 1. The quantitative estimate of drug-likeness (QED) is 0.494. The average Bonchev–Trinajstić information content (AvgIpc) is 3.37. The lowest BCUT2D eigenvalue weighted by molar-refractivity contribution is -0.0787. The van der Waals surface area contributed by atoms with Crippen LogP contribution < -0.4 is 10.2 Å². The Balaban J connectivity index is 1.38. The van der Waals surface area contributed by atoms with Gasteiger partial charge in [-0.1, -0.05) is 12.1 Å². The summed E-state index contributed by atoms with van der Waals surface area (Å²) in [5, 5.41) is 7.49. The van der Waals surface area contributed by atoms with Gasteiger partial charge in [0.25, 0.3) is 0 Å². The number of hydrogen-bond donors (Lipinski definition) is 1. The minimum absolute atomic E-state index is 0.0136. The highest BCUT2D eigenvalue weighted by Crippen LogP contribution is 2.38. The molecule has 4 heterocycles. The molecular weight excluding hydrogens is 495 g/mol. The molecule has 39 heavy (non-hydrogen) atoms. The normalized spacial score (nSPS) is 20.8. The standard InChI is InChI=1S/C30H41FN6O2/c1-21(2)33-29(38)35-15-13-34(14-16-35)27-9-11-32-37-19-24(18-28(27)37)23-7-8-25(26(31)17-23)30(39-5)10-6-12-36(20-30)22(3)4/h7-9,11,17-19,21-22H,6,10,12-16,20H2,1-5H3,(H,33,38)/t30-/m1/s1. The van der Waals surface area contributed by atoms with Crippen molar-refractivity contribution in [3.63, 3.8) is 0 Å². The minimum atomic E-state index is -0.639. The van der Waals surface area contributed by atoms with Crippen LogP contribution in [-0.2, 0) is 10.3 Å². The molecule has 2 aromatic heterocycles. The molecule has 0 saturated carbocycles. The number of aromatic nitrogens is 2. The lowest BCUT2D eigenvalue weighted by atomic mass is 9.84. The number of carbonyl (C=O) groups is 1. The van der Waals surface area contributed by atoms with Gasteiger partial charge in [-0.3, -0.25) is 4.90 Å². The Morgan fingerprint density at radius 3 is 2.49 bits per heavy atom. The molecule has 9 heteroatoms. The summed E-state index contributed by atoms with van der Waals surface area (Å²) in [6.07, 6.45) is 5.52. The summed E-state index contributed by atoms with van der Waals surface area (Å²) in [6.45, 7) is 12.8. The Bertz CT molecular complexity index is 1320. The first-order chi connectivity index (χ1) is 18.7. The third-order valence-electron chi connectivity index (χ3n) is 8.20. The Kier molecular flexibility index (Phi) is 7.82. The number of nitrogens with zero attached hydrogens (tertiary/aromatic N) is 5. The van der Waals surface area contributed by atoms with Crippen molar-refractivity contribution in [1.82, 2.24) is 24.7 Å². The predicted molar refractivity (Wildman–Crippen MR) is 153 cm³/mol. The second kappa shape index (κ2) is 11.1. The van der Waals surface area contributed by atoms with Gasteiger partial charge in [-0.25, -0.2) is 13.7 Å². The summed E-state index contributed by atoms with van der Waals surface area (Å²) in [6, 6.07) is 10.1. The molecule has 2 amide bonds. The van der Waals surface area contributed by atoms with Gasteiger partial charge < -0.3 is 19.9 Å². The van der Waals surface area contributed by atoms with Crippen LogP contribution in [0.4, 0.5) is 14.9 Å². The first-order valence-electron chi connectivity index (χ1n) is 14.1. The van der Waals surface area contributed by atoms with Gasteiger partial charge >= 0.3 is 6.03 Å². The molecule has 0 bridgehead atoms. The minimum Gasteiger partial charge on any atom is -0.372 e. The molecule has 0 aliphatic carbocycles. The number of amides is 2. The Morgan fingerprint density at radius 2 is 1.82 bits per heavy atom. The summed E-state index contributed by atoms with van der Waals surface area (Å²) < 4.78 is 23.6. The molecule has 3 aromatic rings. The number of piperidine rings is 1. The summed E-state index contributed by atoms with van der Waals surface area (Å²) in [5.74, 6) is -0.237. The number of benzene rings is 1. The maximum absolute atomic E-state index is 15.7. The smallest absolute Gasteiger partial charge is 0.317 e. The zero-order valence-electron chi connectivity index (χ0n) is 23.8. The molecule has 2 aliphatic rings. The molecule has 5 rings (SSSR count). The largest absolute Gasteiger partial charge is 0.372 e. The number of fused-ring (bicyclic) bond motifs is 1. The van der Waals surface area contributed by atoms with Crippen LogP contribution in [0.25, 0.3) is 16.6 Å². The summed E-state index contributed by atoms with van der Waals surface area (Å²) >= 11 is 0. The molecule has 210 valence electrons. The van der Waals surface area contributed by atoms with E-state index in [0.717, 1.165) is 54.8 Å². The molecule has 1 atom stereocenters. The van der Waals surface area contributed by atoms with Crippen molar-refractivity contribution in [2.45, 2.75) is 58.2 Å². The third kappa shape index (κ3) is 5.47. The van der Waals surface area contributed by atoms with E-state index in [1.54, 1.807) is 19.4 Å². The highest BCUT2D eigenvalue weighted by atomic mass is 19.1. The lowest BCUT2D eigenvalue weighted by Gasteiger charge is -2.44. The van der Waals surface area contributed by atoms with Gasteiger partial charge in [0.05, 0.1) is 11.2 Å². The van der Waals surface area contributed by atoms with Crippen LogP contribution >= 0.6 is 0 Å². The van der Waals surface area contributed by atoms with Gasteiger partial charge in [-0.05, 0) is 70.8 Å². The zero-order valence-corrected chi connectivity index (χ0v) is 23.8. The van der Waals surface area contributed by atoms with Crippen molar-refractivity contribution < 1.29 is 13.9 Å². The molecule has 0 radical (unpaired) electrons. The number of urea groups is 1. The molecule has 2 fully saturated rings. The van der Waals surface area contributed by atoms with Gasteiger partial charge in [-0.15, -0.1) is 0 Å². The maximum Gasteiger partial charge on any atom is 0.317 e. The molecule has 8 nitrogen and oxygen atoms in total.